The van der Waals surface area contributed by atoms with Crippen molar-refractivity contribution >= 4 is 39.1 Å². The number of nitrogens with zero attached hydrogens (tertiary/aromatic N) is 2. The van der Waals surface area contributed by atoms with Crippen LogP contribution in [0.15, 0.2) is 35.1 Å². The molecule has 0 saturated carbocycles. The molecule has 0 aliphatic carbocycles. The van der Waals surface area contributed by atoms with Crippen molar-refractivity contribution in [3.63, 3.8) is 0 Å². The highest BCUT2D eigenvalue weighted by molar-refractivity contribution is 9.10. The van der Waals surface area contributed by atoms with Crippen LogP contribution in [-0.4, -0.2) is 23.0 Å². The van der Waals surface area contributed by atoms with Gasteiger partial charge in [-0.05, 0) is 28.1 Å². The third-order valence-electron chi connectivity index (χ3n) is 2.26. The van der Waals surface area contributed by atoms with E-state index in [2.05, 4.69) is 31.2 Å². The van der Waals surface area contributed by atoms with Gasteiger partial charge in [0.25, 0.3) is 5.91 Å². The van der Waals surface area contributed by atoms with Crippen molar-refractivity contribution in [3.05, 3.63) is 45.9 Å². The summed E-state index contributed by atoms with van der Waals surface area (Å²) in [6.07, 6.45) is 2.63. The number of carbonyl (C=O) groups excluding carboxylic acids is 1. The minimum atomic E-state index is -0.367. The zero-order chi connectivity index (χ0) is 13.8. The van der Waals surface area contributed by atoms with Gasteiger partial charge in [-0.1, -0.05) is 11.6 Å². The standard InChI is InChI=1S/C12H9BrClN3O2/c1-19-10-4-7(2-3-8(10)13)17-12(18)9-5-16-11(14)6-15-9/h2-6H,1H3,(H,17,18). The maximum Gasteiger partial charge on any atom is 0.275 e. The molecule has 1 aromatic carbocycles. The molecule has 98 valence electrons. The number of benzene rings is 1. The van der Waals surface area contributed by atoms with E-state index < -0.39 is 0 Å². The lowest BCUT2D eigenvalue weighted by molar-refractivity contribution is 0.102. The van der Waals surface area contributed by atoms with E-state index in [4.69, 9.17) is 16.3 Å². The van der Waals surface area contributed by atoms with Crippen LogP contribution in [0.1, 0.15) is 10.5 Å². The van der Waals surface area contributed by atoms with Gasteiger partial charge in [0.05, 0.1) is 24.0 Å². The summed E-state index contributed by atoms with van der Waals surface area (Å²) in [4.78, 5) is 19.6. The molecular formula is C12H9BrClN3O2. The molecule has 1 amide bonds. The van der Waals surface area contributed by atoms with E-state index in [1.807, 2.05) is 0 Å². The van der Waals surface area contributed by atoms with E-state index in [-0.39, 0.29) is 16.8 Å². The number of ether oxygens (including phenoxy) is 1. The second-order valence-electron chi connectivity index (χ2n) is 3.53. The summed E-state index contributed by atoms with van der Waals surface area (Å²) < 4.78 is 5.95. The number of aromatic nitrogens is 2. The Kier molecular flexibility index (Phi) is 4.34. The van der Waals surface area contributed by atoms with E-state index in [9.17, 15) is 4.79 Å². The normalized spacial score (nSPS) is 10.1. The number of anilines is 1. The zero-order valence-corrected chi connectivity index (χ0v) is 12.2. The lowest BCUT2D eigenvalue weighted by atomic mass is 10.3. The average molecular weight is 343 g/mol. The van der Waals surface area contributed by atoms with E-state index in [0.717, 1.165) is 4.47 Å². The SMILES string of the molecule is COc1cc(NC(=O)c2cnc(Cl)cn2)ccc1Br. The van der Waals surface area contributed by atoms with Crippen LogP contribution in [-0.2, 0) is 0 Å². The maximum atomic E-state index is 11.9. The predicted molar refractivity (Wildman–Crippen MR) is 75.7 cm³/mol. The van der Waals surface area contributed by atoms with Gasteiger partial charge < -0.3 is 10.1 Å². The Morgan fingerprint density at radius 1 is 1.37 bits per heavy atom. The Morgan fingerprint density at radius 2 is 2.16 bits per heavy atom. The smallest absolute Gasteiger partial charge is 0.275 e. The first-order valence-electron chi connectivity index (χ1n) is 5.22. The van der Waals surface area contributed by atoms with Gasteiger partial charge in [-0.25, -0.2) is 9.97 Å². The van der Waals surface area contributed by atoms with Crippen molar-refractivity contribution in [2.75, 3.05) is 12.4 Å². The van der Waals surface area contributed by atoms with Gasteiger partial charge >= 0.3 is 0 Å². The first-order chi connectivity index (χ1) is 9.10. The Hall–Kier alpha value is -1.66. The molecule has 0 aliphatic rings. The third-order valence-corrected chi connectivity index (χ3v) is 3.11. The molecule has 0 saturated heterocycles. The number of hydrogen-bond acceptors (Lipinski definition) is 4. The van der Waals surface area contributed by atoms with E-state index >= 15 is 0 Å². The zero-order valence-electron chi connectivity index (χ0n) is 9.85. The van der Waals surface area contributed by atoms with Crippen LogP contribution in [0.4, 0.5) is 5.69 Å². The monoisotopic (exact) mass is 341 g/mol. The van der Waals surface area contributed by atoms with Crippen LogP contribution in [0.5, 0.6) is 5.75 Å². The lowest BCUT2D eigenvalue weighted by Crippen LogP contribution is -2.13. The molecule has 1 aromatic heterocycles. The Labute approximate surface area is 123 Å². The van der Waals surface area contributed by atoms with Crippen molar-refractivity contribution in [1.29, 1.82) is 0 Å². The largest absolute Gasteiger partial charge is 0.495 e. The Bertz CT molecular complexity index is 604. The molecule has 19 heavy (non-hydrogen) atoms. The third kappa shape index (κ3) is 3.42. The Balaban J connectivity index is 2.17. The van der Waals surface area contributed by atoms with Crippen molar-refractivity contribution in [3.8, 4) is 5.75 Å². The molecule has 2 aromatic rings. The number of hydrogen-bond donors (Lipinski definition) is 1. The average Bonchev–Trinajstić information content (AvgIpc) is 2.41. The molecule has 0 bridgehead atoms. The second-order valence-corrected chi connectivity index (χ2v) is 4.77. The molecule has 7 heteroatoms. The number of methoxy groups -OCH3 is 1. The predicted octanol–water partition coefficient (Wildman–Crippen LogP) is 3.15. The van der Waals surface area contributed by atoms with Gasteiger partial charge in [0, 0.05) is 11.8 Å². The number of nitrogens with one attached hydrogen (secondary N) is 1. The molecule has 5 nitrogen and oxygen atoms in total. The second kappa shape index (κ2) is 5.99. The van der Waals surface area contributed by atoms with Gasteiger partial charge in [-0.2, -0.15) is 0 Å². The molecule has 1 N–H and O–H groups in total. The summed E-state index contributed by atoms with van der Waals surface area (Å²) in [5.41, 5.74) is 0.785. The Morgan fingerprint density at radius 3 is 2.79 bits per heavy atom. The highest BCUT2D eigenvalue weighted by atomic mass is 79.9. The summed E-state index contributed by atoms with van der Waals surface area (Å²) >= 11 is 8.94. The molecule has 0 radical (unpaired) electrons. The summed E-state index contributed by atoms with van der Waals surface area (Å²) in [7, 11) is 1.55. The van der Waals surface area contributed by atoms with Crippen LogP contribution >= 0.6 is 27.5 Å². The fourth-order valence-corrected chi connectivity index (χ4v) is 1.87. The van der Waals surface area contributed by atoms with Crippen molar-refractivity contribution in [1.82, 2.24) is 9.97 Å². The molecule has 2 rings (SSSR count). The lowest BCUT2D eigenvalue weighted by Gasteiger charge is -2.08. The topological polar surface area (TPSA) is 64.1 Å². The van der Waals surface area contributed by atoms with Crippen molar-refractivity contribution < 1.29 is 9.53 Å². The van der Waals surface area contributed by atoms with Gasteiger partial charge in [0.15, 0.2) is 0 Å². The van der Waals surface area contributed by atoms with Crippen molar-refractivity contribution in [2.24, 2.45) is 0 Å². The van der Waals surface area contributed by atoms with Crippen LogP contribution in [0.2, 0.25) is 5.15 Å². The molecule has 0 fully saturated rings. The van der Waals surface area contributed by atoms with Gasteiger partial charge in [-0.15, -0.1) is 0 Å². The van der Waals surface area contributed by atoms with Gasteiger partial charge in [-0.3, -0.25) is 4.79 Å². The number of amides is 1. The van der Waals surface area contributed by atoms with Crippen LogP contribution < -0.4 is 10.1 Å². The minimum absolute atomic E-state index is 0.186. The van der Waals surface area contributed by atoms with Gasteiger partial charge in [0.1, 0.15) is 16.6 Å². The summed E-state index contributed by atoms with van der Waals surface area (Å²) in [5, 5.41) is 2.93. The van der Waals surface area contributed by atoms with Crippen LogP contribution in [0.25, 0.3) is 0 Å². The van der Waals surface area contributed by atoms with E-state index in [1.165, 1.54) is 12.4 Å². The summed E-state index contributed by atoms with van der Waals surface area (Å²) in [6, 6.07) is 5.22. The molecule has 0 unspecified atom stereocenters. The summed E-state index contributed by atoms with van der Waals surface area (Å²) in [6.45, 7) is 0. The van der Waals surface area contributed by atoms with Crippen molar-refractivity contribution in [2.45, 2.75) is 0 Å². The quantitative estimate of drug-likeness (QED) is 0.930. The molecule has 0 atom stereocenters. The van der Waals surface area contributed by atoms with Crippen LogP contribution in [0.3, 0.4) is 0 Å². The maximum absolute atomic E-state index is 11.9. The highest BCUT2D eigenvalue weighted by Crippen LogP contribution is 2.27. The first-order valence-corrected chi connectivity index (χ1v) is 6.39. The van der Waals surface area contributed by atoms with E-state index in [1.54, 1.807) is 25.3 Å². The van der Waals surface area contributed by atoms with Crippen LogP contribution in [0, 0.1) is 0 Å². The molecule has 1 heterocycles. The molecule has 0 spiro atoms. The first kappa shape index (κ1) is 13.8. The fraction of sp³-hybridized carbons (Fsp3) is 0.0833. The summed E-state index contributed by atoms with van der Waals surface area (Å²) in [5.74, 6) is 0.258. The highest BCUT2D eigenvalue weighted by Gasteiger charge is 2.09. The molecule has 0 aliphatic heterocycles. The number of carbonyl (C=O) groups is 1. The number of halogens is 2. The fourth-order valence-electron chi connectivity index (χ4n) is 1.36. The van der Waals surface area contributed by atoms with E-state index in [0.29, 0.717) is 11.4 Å². The number of rotatable bonds is 3. The molecular weight excluding hydrogens is 334 g/mol. The minimum Gasteiger partial charge on any atom is -0.495 e. The van der Waals surface area contributed by atoms with Gasteiger partial charge in [0.2, 0.25) is 0 Å².